The molecule has 0 aliphatic rings. The first-order chi connectivity index (χ1) is 10.1. The van der Waals surface area contributed by atoms with Crippen LogP contribution < -0.4 is 5.32 Å². The molecule has 0 spiro atoms. The molecule has 0 fully saturated rings. The number of amides is 1. The zero-order valence-electron chi connectivity index (χ0n) is 10.8. The Morgan fingerprint density at radius 3 is 2.86 bits per heavy atom. The van der Waals surface area contributed by atoms with E-state index in [0.29, 0.717) is 0 Å². The Bertz CT molecular complexity index is 681. The number of nitrogens with zero attached hydrogens (tertiary/aromatic N) is 1. The number of carboxylic acid groups (broad SMARTS) is 1. The second kappa shape index (κ2) is 6.47. The quantitative estimate of drug-likeness (QED) is 0.728. The molecule has 2 aromatic rings. The zero-order chi connectivity index (χ0) is 15.2. The van der Waals surface area contributed by atoms with Crippen LogP contribution in [0.3, 0.4) is 0 Å². The first-order valence-electron chi connectivity index (χ1n) is 6.02. The van der Waals surface area contributed by atoms with Crippen LogP contribution in [0.25, 0.3) is 6.08 Å². The molecule has 0 saturated carbocycles. The molecule has 0 atom stereocenters. The molecule has 0 saturated heterocycles. The van der Waals surface area contributed by atoms with E-state index in [4.69, 9.17) is 5.11 Å². The number of benzene rings is 1. The number of carbonyl (C=O) groups excluding carboxylic acids is 1. The minimum Gasteiger partial charge on any atom is -0.478 e. The van der Waals surface area contributed by atoms with Gasteiger partial charge in [-0.2, -0.15) is 0 Å². The Balaban J connectivity index is 2.05. The predicted octanol–water partition coefficient (Wildman–Crippen LogP) is 1.58. The summed E-state index contributed by atoms with van der Waals surface area (Å²) in [7, 11) is 0. The second-order valence-corrected chi connectivity index (χ2v) is 4.17. The van der Waals surface area contributed by atoms with Gasteiger partial charge in [0.2, 0.25) is 0 Å². The molecule has 6 nitrogen and oxygen atoms in total. The Morgan fingerprint density at radius 1 is 1.43 bits per heavy atom. The normalized spacial score (nSPS) is 10.7. The summed E-state index contributed by atoms with van der Waals surface area (Å²) < 4.78 is 13.7. The highest BCUT2D eigenvalue weighted by Gasteiger charge is 2.09. The fourth-order valence-electron chi connectivity index (χ4n) is 1.62. The number of carboxylic acids is 1. The third-order valence-electron chi connectivity index (χ3n) is 2.66. The second-order valence-electron chi connectivity index (χ2n) is 4.17. The van der Waals surface area contributed by atoms with E-state index in [1.807, 2.05) is 0 Å². The predicted molar refractivity (Wildman–Crippen MR) is 72.8 cm³/mol. The number of aliphatic carboxylic acids is 1. The van der Waals surface area contributed by atoms with Crippen LogP contribution in [0.2, 0.25) is 0 Å². The molecular formula is C14H12FN3O3. The summed E-state index contributed by atoms with van der Waals surface area (Å²) in [5.41, 5.74) is 0.979. The fourth-order valence-corrected chi connectivity index (χ4v) is 1.62. The largest absolute Gasteiger partial charge is 0.478 e. The van der Waals surface area contributed by atoms with Gasteiger partial charge in [-0.15, -0.1) is 0 Å². The van der Waals surface area contributed by atoms with Gasteiger partial charge < -0.3 is 15.4 Å². The third-order valence-corrected chi connectivity index (χ3v) is 2.66. The van der Waals surface area contributed by atoms with Gasteiger partial charge in [0.25, 0.3) is 5.91 Å². The molecule has 0 radical (unpaired) electrons. The number of aromatic nitrogens is 2. The maximum absolute atomic E-state index is 13.7. The van der Waals surface area contributed by atoms with Crippen LogP contribution in [-0.2, 0) is 11.3 Å². The van der Waals surface area contributed by atoms with E-state index >= 15 is 0 Å². The van der Waals surface area contributed by atoms with Crippen LogP contribution in [0.4, 0.5) is 4.39 Å². The molecule has 7 heteroatoms. The van der Waals surface area contributed by atoms with Crippen LogP contribution in [-0.4, -0.2) is 27.0 Å². The van der Waals surface area contributed by atoms with E-state index < -0.39 is 17.7 Å². The van der Waals surface area contributed by atoms with E-state index in [1.54, 1.807) is 6.20 Å². The number of H-pyrrole nitrogens is 1. The van der Waals surface area contributed by atoms with Crippen LogP contribution in [0.5, 0.6) is 0 Å². The number of halogens is 1. The Morgan fingerprint density at radius 2 is 2.24 bits per heavy atom. The molecule has 21 heavy (non-hydrogen) atoms. The topological polar surface area (TPSA) is 95.1 Å². The van der Waals surface area contributed by atoms with Crippen LogP contribution in [0, 0.1) is 5.82 Å². The van der Waals surface area contributed by atoms with Crippen molar-refractivity contribution in [1.82, 2.24) is 15.3 Å². The first kappa shape index (κ1) is 14.4. The average Bonchev–Trinajstić information content (AvgIpc) is 2.96. The molecule has 3 N–H and O–H groups in total. The fraction of sp³-hybridized carbons (Fsp3) is 0.0714. The molecule has 1 heterocycles. The summed E-state index contributed by atoms with van der Waals surface area (Å²) in [6.45, 7) is 0.251. The zero-order valence-corrected chi connectivity index (χ0v) is 10.8. The van der Waals surface area contributed by atoms with Crippen molar-refractivity contribution >= 4 is 18.0 Å². The molecule has 1 aromatic carbocycles. The summed E-state index contributed by atoms with van der Waals surface area (Å²) in [6.07, 6.45) is 5.02. The summed E-state index contributed by atoms with van der Waals surface area (Å²) in [4.78, 5) is 28.9. The highest BCUT2D eigenvalue weighted by atomic mass is 19.1. The summed E-state index contributed by atoms with van der Waals surface area (Å²) in [6, 6.07) is 3.83. The molecule has 108 valence electrons. The van der Waals surface area contributed by atoms with Crippen molar-refractivity contribution in [1.29, 1.82) is 0 Å². The smallest absolute Gasteiger partial charge is 0.328 e. The number of aromatic amines is 1. The van der Waals surface area contributed by atoms with Crippen LogP contribution >= 0.6 is 0 Å². The number of imidazole rings is 1. The first-order valence-corrected chi connectivity index (χ1v) is 6.02. The van der Waals surface area contributed by atoms with Crippen molar-refractivity contribution in [3.05, 3.63) is 59.4 Å². The van der Waals surface area contributed by atoms with Gasteiger partial charge in [-0.05, 0) is 18.2 Å². The monoisotopic (exact) mass is 289 g/mol. The molecule has 1 aromatic heterocycles. The molecule has 0 aliphatic carbocycles. The number of hydrogen-bond donors (Lipinski definition) is 3. The Hall–Kier alpha value is -2.96. The standard InChI is InChI=1S/C14H12FN3O3/c15-12-5-10(2-1-9(12)3-4-13(19)20)14(21)17-7-11-6-16-8-18-11/h1-6,8H,7H2,(H,16,18)(H,17,21)(H,19,20). The maximum atomic E-state index is 13.7. The van der Waals surface area contributed by atoms with E-state index in [9.17, 15) is 14.0 Å². The Kier molecular flexibility index (Phi) is 4.45. The summed E-state index contributed by atoms with van der Waals surface area (Å²) in [5, 5.41) is 11.1. The van der Waals surface area contributed by atoms with Crippen molar-refractivity contribution in [3.8, 4) is 0 Å². The maximum Gasteiger partial charge on any atom is 0.328 e. The lowest BCUT2D eigenvalue weighted by atomic mass is 10.1. The van der Waals surface area contributed by atoms with Crippen molar-refractivity contribution in [2.45, 2.75) is 6.54 Å². The highest BCUT2D eigenvalue weighted by molar-refractivity contribution is 5.94. The van der Waals surface area contributed by atoms with Gasteiger partial charge in [-0.3, -0.25) is 4.79 Å². The number of carbonyl (C=O) groups is 2. The molecule has 0 bridgehead atoms. The van der Waals surface area contributed by atoms with Gasteiger partial charge in [0.15, 0.2) is 0 Å². The van der Waals surface area contributed by atoms with E-state index in [0.717, 1.165) is 23.9 Å². The summed E-state index contributed by atoms with van der Waals surface area (Å²) >= 11 is 0. The molecular weight excluding hydrogens is 277 g/mol. The highest BCUT2D eigenvalue weighted by Crippen LogP contribution is 2.12. The van der Waals surface area contributed by atoms with Crippen molar-refractivity contribution in [2.24, 2.45) is 0 Å². The van der Waals surface area contributed by atoms with Gasteiger partial charge in [-0.25, -0.2) is 14.2 Å². The van der Waals surface area contributed by atoms with Gasteiger partial charge in [0.1, 0.15) is 5.82 Å². The lowest BCUT2D eigenvalue weighted by Crippen LogP contribution is -2.23. The number of nitrogens with one attached hydrogen (secondary N) is 2. The Labute approximate surface area is 119 Å². The van der Waals surface area contributed by atoms with Gasteiger partial charge in [0.05, 0.1) is 18.6 Å². The molecule has 1 amide bonds. The molecule has 0 aliphatic heterocycles. The lowest BCUT2D eigenvalue weighted by molar-refractivity contribution is -0.131. The molecule has 0 unspecified atom stereocenters. The minimum atomic E-state index is -1.17. The van der Waals surface area contributed by atoms with E-state index in [1.165, 1.54) is 18.5 Å². The van der Waals surface area contributed by atoms with Crippen LogP contribution in [0.15, 0.2) is 36.8 Å². The van der Waals surface area contributed by atoms with Crippen molar-refractivity contribution < 1.29 is 19.1 Å². The van der Waals surface area contributed by atoms with Crippen LogP contribution in [0.1, 0.15) is 21.6 Å². The minimum absolute atomic E-state index is 0.0996. The summed E-state index contributed by atoms with van der Waals surface area (Å²) in [5.74, 6) is -2.27. The lowest BCUT2D eigenvalue weighted by Gasteiger charge is -2.05. The number of rotatable bonds is 5. The van der Waals surface area contributed by atoms with Crippen molar-refractivity contribution in [3.63, 3.8) is 0 Å². The van der Waals surface area contributed by atoms with Gasteiger partial charge in [0, 0.05) is 23.4 Å². The van der Waals surface area contributed by atoms with E-state index in [2.05, 4.69) is 15.3 Å². The SMILES string of the molecule is O=C(O)C=Cc1ccc(C(=O)NCc2cnc[nH]2)cc1F. The van der Waals surface area contributed by atoms with E-state index in [-0.39, 0.29) is 17.7 Å². The third kappa shape index (κ3) is 4.00. The van der Waals surface area contributed by atoms with Gasteiger partial charge >= 0.3 is 5.97 Å². The molecule has 2 rings (SSSR count). The van der Waals surface area contributed by atoms with Crippen molar-refractivity contribution in [2.75, 3.05) is 0 Å². The number of hydrogen-bond acceptors (Lipinski definition) is 3. The van der Waals surface area contributed by atoms with Gasteiger partial charge in [-0.1, -0.05) is 6.07 Å². The average molecular weight is 289 g/mol.